The number of benzene rings is 1. The van der Waals surface area contributed by atoms with Crippen molar-refractivity contribution in [1.82, 2.24) is 19.7 Å². The summed E-state index contributed by atoms with van der Waals surface area (Å²) in [5, 5.41) is 4.44. The minimum absolute atomic E-state index is 0.152. The highest BCUT2D eigenvalue weighted by Gasteiger charge is 2.27. The van der Waals surface area contributed by atoms with Crippen molar-refractivity contribution in [3.8, 4) is 16.9 Å². The Morgan fingerprint density at radius 1 is 1.33 bits per heavy atom. The van der Waals surface area contributed by atoms with Gasteiger partial charge in [-0.2, -0.15) is 0 Å². The fourth-order valence-corrected chi connectivity index (χ4v) is 3.61. The zero-order chi connectivity index (χ0) is 21.6. The number of fused-ring (bicyclic) bond motifs is 5. The van der Waals surface area contributed by atoms with Crippen molar-refractivity contribution in [2.24, 2.45) is 7.05 Å². The number of aryl methyl sites for hydroxylation is 1. The fraction of sp³-hybridized carbons (Fsp3) is 0.238. The molecule has 1 aliphatic heterocycles. The molecule has 1 aliphatic rings. The van der Waals surface area contributed by atoms with Gasteiger partial charge in [-0.1, -0.05) is 6.57 Å². The molecule has 1 amide bonds. The molecule has 2 aromatic heterocycles. The van der Waals surface area contributed by atoms with Crippen molar-refractivity contribution < 1.29 is 13.9 Å². The van der Waals surface area contributed by atoms with Gasteiger partial charge in [0, 0.05) is 29.9 Å². The number of hydrogen-bond acceptors (Lipinski definition) is 5. The fourth-order valence-electron chi connectivity index (χ4n) is 3.61. The predicted octanol–water partition coefficient (Wildman–Crippen LogP) is 3.48. The molecule has 1 aromatic carbocycles. The molecule has 0 fully saturated rings. The second kappa shape index (κ2) is 7.15. The first-order valence-electron chi connectivity index (χ1n) is 9.21. The number of nitrogens with two attached hydrogens (primary N) is 1. The van der Waals surface area contributed by atoms with Gasteiger partial charge in [-0.15, -0.1) is 5.10 Å². The molecule has 2 bridgehead atoms. The molecule has 2 N–H and O–H groups in total. The first kappa shape index (κ1) is 19.4. The Balaban J connectivity index is 1.98. The minimum Gasteiger partial charge on any atom is -0.482 e. The van der Waals surface area contributed by atoms with Gasteiger partial charge in [0.15, 0.2) is 11.6 Å². The highest BCUT2D eigenvalue weighted by molar-refractivity contribution is 5.96. The summed E-state index contributed by atoms with van der Waals surface area (Å²) in [6.45, 7) is 9.43. The normalized spacial score (nSPS) is 15.9. The Bertz CT molecular complexity index is 1210. The third kappa shape index (κ3) is 3.12. The number of halogens is 1. The molecule has 0 saturated heterocycles. The number of ether oxygens (including phenoxy) is 1. The summed E-state index contributed by atoms with van der Waals surface area (Å²) in [6, 6.07) is 5.66. The molecule has 30 heavy (non-hydrogen) atoms. The van der Waals surface area contributed by atoms with E-state index in [4.69, 9.17) is 17.0 Å². The largest absolute Gasteiger partial charge is 0.482 e. The molecule has 0 radical (unpaired) electrons. The average molecular weight is 406 g/mol. The maximum absolute atomic E-state index is 14.0. The van der Waals surface area contributed by atoms with E-state index in [9.17, 15) is 9.18 Å². The molecule has 0 saturated carbocycles. The summed E-state index contributed by atoms with van der Waals surface area (Å²) in [6.07, 6.45) is 0.879. The monoisotopic (exact) mass is 406 g/mol. The number of hydrogen-bond donors (Lipinski definition) is 1. The molecule has 152 valence electrons. The van der Waals surface area contributed by atoms with Crippen molar-refractivity contribution in [3.63, 3.8) is 0 Å². The van der Waals surface area contributed by atoms with Crippen LogP contribution in [0.1, 0.15) is 34.6 Å². The van der Waals surface area contributed by atoms with Crippen molar-refractivity contribution in [2.75, 3.05) is 12.8 Å². The number of rotatable bonds is 0. The highest BCUT2D eigenvalue weighted by Crippen LogP contribution is 2.38. The summed E-state index contributed by atoms with van der Waals surface area (Å²) < 4.78 is 21.4. The van der Waals surface area contributed by atoms with E-state index < -0.39 is 11.9 Å². The molecule has 3 aromatic rings. The number of nitrogens with zero attached hydrogens (tertiary/aromatic N) is 5. The number of aromatic nitrogens is 3. The van der Waals surface area contributed by atoms with Gasteiger partial charge >= 0.3 is 0 Å². The van der Waals surface area contributed by atoms with Crippen LogP contribution in [-0.4, -0.2) is 32.6 Å². The summed E-state index contributed by atoms with van der Waals surface area (Å²) >= 11 is 0. The van der Waals surface area contributed by atoms with Crippen LogP contribution in [0.4, 0.5) is 16.0 Å². The number of anilines is 1. The van der Waals surface area contributed by atoms with Gasteiger partial charge in [0.2, 0.25) is 0 Å². The molecule has 3 heterocycles. The number of carbonyl (C=O) groups is 1. The minimum atomic E-state index is -0.666. The Kier molecular flexibility index (Phi) is 4.62. The van der Waals surface area contributed by atoms with E-state index in [0.717, 1.165) is 0 Å². The molecule has 8 nitrogen and oxygen atoms in total. The first-order valence-corrected chi connectivity index (χ1v) is 9.21. The van der Waals surface area contributed by atoms with E-state index in [1.54, 1.807) is 33.3 Å². The second-order valence-electron chi connectivity index (χ2n) is 7.14. The lowest BCUT2D eigenvalue weighted by molar-refractivity contribution is 0.0778. The molecule has 1 atom stereocenters. The molecular weight excluding hydrogens is 387 g/mol. The first-order chi connectivity index (χ1) is 14.3. The Hall–Kier alpha value is -3.93. The van der Waals surface area contributed by atoms with Crippen LogP contribution in [0.5, 0.6) is 5.75 Å². The zero-order valence-electron chi connectivity index (χ0n) is 16.7. The molecular formula is C21H19FN6O2. The van der Waals surface area contributed by atoms with Crippen molar-refractivity contribution >= 4 is 17.5 Å². The van der Waals surface area contributed by atoms with Crippen LogP contribution in [0, 0.1) is 12.4 Å². The van der Waals surface area contributed by atoms with Crippen LogP contribution >= 0.6 is 0 Å². The van der Waals surface area contributed by atoms with Crippen LogP contribution in [0.15, 0.2) is 30.5 Å². The third-order valence-electron chi connectivity index (χ3n) is 5.09. The highest BCUT2D eigenvalue weighted by atomic mass is 19.1. The molecule has 0 spiro atoms. The summed E-state index contributed by atoms with van der Waals surface area (Å²) in [4.78, 5) is 22.5. The van der Waals surface area contributed by atoms with Crippen LogP contribution < -0.4 is 10.5 Å². The van der Waals surface area contributed by atoms with E-state index in [-0.39, 0.29) is 24.0 Å². The van der Waals surface area contributed by atoms with E-state index in [1.807, 2.05) is 0 Å². The van der Waals surface area contributed by atoms with Crippen LogP contribution in [0.3, 0.4) is 0 Å². The van der Waals surface area contributed by atoms with Gasteiger partial charge in [0.1, 0.15) is 17.6 Å². The van der Waals surface area contributed by atoms with Crippen LogP contribution in [0.25, 0.3) is 16.0 Å². The standard InChI is InChI=1S/C21H19FN6O2/c1-11-15-8-13(22)5-6-14(15)21(29)27(3)10-16-18(20(24-2)28(4)26-16)12-7-17(30-11)19(23)25-9-12/h5-9,11H,10H2,1,3-4H3,(H2,23,25)/t11-/m0/s1. The summed E-state index contributed by atoms with van der Waals surface area (Å²) in [5.41, 5.74) is 8.43. The lowest BCUT2D eigenvalue weighted by atomic mass is 10.0. The van der Waals surface area contributed by atoms with Gasteiger partial charge in [-0.3, -0.25) is 4.79 Å². The smallest absolute Gasteiger partial charge is 0.260 e. The lowest BCUT2D eigenvalue weighted by Crippen LogP contribution is -2.28. The van der Waals surface area contributed by atoms with Crippen LogP contribution in [0.2, 0.25) is 0 Å². The van der Waals surface area contributed by atoms with Gasteiger partial charge in [0.25, 0.3) is 11.7 Å². The quantitative estimate of drug-likeness (QED) is 0.577. The Morgan fingerprint density at radius 3 is 2.83 bits per heavy atom. The van der Waals surface area contributed by atoms with Gasteiger partial charge in [-0.25, -0.2) is 14.1 Å². The number of amides is 1. The molecule has 9 heteroatoms. The number of carbonyl (C=O) groups excluding carboxylic acids is 1. The van der Waals surface area contributed by atoms with Gasteiger partial charge < -0.3 is 20.2 Å². The Morgan fingerprint density at radius 2 is 2.10 bits per heavy atom. The van der Waals surface area contributed by atoms with Gasteiger partial charge in [-0.05, 0) is 36.8 Å². The second-order valence-corrected chi connectivity index (χ2v) is 7.14. The zero-order valence-corrected chi connectivity index (χ0v) is 16.7. The lowest BCUT2D eigenvalue weighted by Gasteiger charge is -2.23. The average Bonchev–Trinajstić information content (AvgIpc) is 3.03. The molecule has 4 rings (SSSR count). The summed E-state index contributed by atoms with van der Waals surface area (Å²) in [5.74, 6) is -0.0332. The summed E-state index contributed by atoms with van der Waals surface area (Å²) in [7, 11) is 3.30. The Labute approximate surface area is 172 Å². The maximum Gasteiger partial charge on any atom is 0.260 e. The number of nitrogen functional groups attached to an aromatic ring is 1. The topological polar surface area (TPSA) is 90.6 Å². The molecule has 0 unspecified atom stereocenters. The SMILES string of the molecule is [C-]#[N+]c1c2c(nn1C)CN(C)C(=O)c1ccc(F)cc1[C@H](C)Oc1cc-2cnc1N. The van der Waals surface area contributed by atoms with Gasteiger partial charge in [0.05, 0.1) is 13.6 Å². The van der Waals surface area contributed by atoms with E-state index in [0.29, 0.717) is 33.8 Å². The van der Waals surface area contributed by atoms with Crippen molar-refractivity contribution in [3.05, 3.63) is 64.5 Å². The van der Waals surface area contributed by atoms with E-state index in [2.05, 4.69) is 14.9 Å². The third-order valence-corrected chi connectivity index (χ3v) is 5.09. The van der Waals surface area contributed by atoms with Crippen molar-refractivity contribution in [1.29, 1.82) is 0 Å². The van der Waals surface area contributed by atoms with E-state index in [1.165, 1.54) is 27.8 Å². The predicted molar refractivity (Wildman–Crippen MR) is 108 cm³/mol. The molecule has 0 aliphatic carbocycles. The van der Waals surface area contributed by atoms with Crippen LogP contribution in [-0.2, 0) is 13.6 Å². The number of pyridine rings is 1. The maximum atomic E-state index is 14.0. The van der Waals surface area contributed by atoms with E-state index >= 15 is 0 Å². The van der Waals surface area contributed by atoms with Crippen molar-refractivity contribution in [2.45, 2.75) is 19.6 Å².